The van der Waals surface area contributed by atoms with E-state index in [0.29, 0.717) is 12.8 Å². The molecule has 4 rings (SSSR count). The molecule has 0 aliphatic carbocycles. The monoisotopic (exact) mass is 838 g/mol. The minimum atomic E-state index is -0.763. The van der Waals surface area contributed by atoms with Gasteiger partial charge in [-0.1, -0.05) is 86.6 Å². The Labute approximate surface area is 361 Å². The number of carbonyl (C=O) groups excluding carboxylic acids is 4. The maximum absolute atomic E-state index is 13.2. The molecule has 0 saturated carbocycles. The number of carbonyl (C=O) groups is 4. The summed E-state index contributed by atoms with van der Waals surface area (Å²) < 4.78 is 30.9. The summed E-state index contributed by atoms with van der Waals surface area (Å²) in [6.45, 7) is 3.94. The molecule has 13 heteroatoms. The van der Waals surface area contributed by atoms with E-state index in [2.05, 4.69) is 0 Å². The predicted octanol–water partition coefficient (Wildman–Crippen LogP) is 6.51. The highest BCUT2D eigenvalue weighted by molar-refractivity contribution is 5.95. The largest absolute Gasteiger partial charge is 0.380 e. The van der Waals surface area contributed by atoms with Gasteiger partial charge in [0.25, 0.3) is 23.6 Å². The average molecular weight is 839 g/mol. The molecule has 0 fully saturated rings. The van der Waals surface area contributed by atoms with E-state index in [9.17, 15) is 19.2 Å². The van der Waals surface area contributed by atoms with Crippen molar-refractivity contribution in [1.82, 2.24) is 0 Å². The Hall–Kier alpha value is -5.44. The van der Waals surface area contributed by atoms with Crippen LogP contribution in [0, 0.1) is 10.8 Å². The van der Waals surface area contributed by atoms with Crippen molar-refractivity contribution >= 4 is 46.4 Å². The van der Waals surface area contributed by atoms with Crippen LogP contribution in [0.1, 0.15) is 26.7 Å². The van der Waals surface area contributed by atoms with Gasteiger partial charge in [0.1, 0.15) is 26.4 Å². The van der Waals surface area contributed by atoms with Gasteiger partial charge in [-0.25, -0.2) is 0 Å². The Morgan fingerprint density at radius 2 is 0.557 bits per heavy atom. The molecule has 13 nitrogen and oxygen atoms in total. The van der Waals surface area contributed by atoms with Gasteiger partial charge >= 0.3 is 0 Å². The second-order valence-corrected chi connectivity index (χ2v) is 15.3. The Balaban J connectivity index is 1.47. The number of benzene rings is 4. The van der Waals surface area contributed by atoms with Crippen LogP contribution in [-0.4, -0.2) is 118 Å². The van der Waals surface area contributed by atoms with E-state index >= 15 is 0 Å². The molecule has 0 aliphatic rings. The van der Waals surface area contributed by atoms with Crippen molar-refractivity contribution in [3.8, 4) is 0 Å². The van der Waals surface area contributed by atoms with Crippen molar-refractivity contribution in [2.24, 2.45) is 10.8 Å². The van der Waals surface area contributed by atoms with Crippen LogP contribution in [0.3, 0.4) is 0 Å². The molecule has 0 unspecified atom stereocenters. The Kier molecular flexibility index (Phi) is 19.5. The molecular weight excluding hydrogens is 777 g/mol. The van der Waals surface area contributed by atoms with Gasteiger partial charge in [0.05, 0.1) is 39.6 Å². The van der Waals surface area contributed by atoms with Crippen LogP contribution in [0.15, 0.2) is 121 Å². The molecule has 0 spiro atoms. The van der Waals surface area contributed by atoms with Crippen molar-refractivity contribution in [1.29, 1.82) is 0 Å². The van der Waals surface area contributed by atoms with Gasteiger partial charge in [-0.05, 0) is 61.4 Å². The molecule has 4 amide bonds. The van der Waals surface area contributed by atoms with Gasteiger partial charge in [-0.15, -0.1) is 0 Å². The first-order chi connectivity index (χ1) is 29.4. The molecule has 0 heterocycles. The minimum absolute atomic E-state index is 0.105. The number of rotatable bonds is 26. The van der Waals surface area contributed by atoms with Crippen LogP contribution >= 0.6 is 0 Å². The number of likely N-dealkylation sites (N-methyl/N-ethyl adjacent to an activating group) is 4. The van der Waals surface area contributed by atoms with E-state index in [0.717, 1.165) is 22.7 Å². The van der Waals surface area contributed by atoms with Crippen LogP contribution < -0.4 is 19.6 Å². The first kappa shape index (κ1) is 48.2. The van der Waals surface area contributed by atoms with E-state index in [1.807, 2.05) is 135 Å². The second-order valence-electron chi connectivity index (χ2n) is 15.3. The lowest BCUT2D eigenvalue weighted by Gasteiger charge is -2.36. The summed E-state index contributed by atoms with van der Waals surface area (Å²) >= 11 is 0. The smallest absolute Gasteiger partial charge is 0.252 e. The number of hydrogen-bond acceptors (Lipinski definition) is 9. The van der Waals surface area contributed by atoms with Gasteiger partial charge in [0.2, 0.25) is 0 Å². The number of ether oxygens (including phenoxy) is 5. The first-order valence-corrected chi connectivity index (χ1v) is 20.6. The zero-order valence-corrected chi connectivity index (χ0v) is 36.5. The van der Waals surface area contributed by atoms with E-state index in [4.69, 9.17) is 23.7 Å². The quantitative estimate of drug-likeness (QED) is 0.0696. The van der Waals surface area contributed by atoms with Gasteiger partial charge in [0.15, 0.2) is 0 Å². The maximum Gasteiger partial charge on any atom is 0.252 e. The van der Waals surface area contributed by atoms with Gasteiger partial charge in [0, 0.05) is 61.8 Å². The molecule has 0 aromatic heterocycles. The minimum Gasteiger partial charge on any atom is -0.380 e. The highest BCUT2D eigenvalue weighted by Gasteiger charge is 2.35. The van der Waals surface area contributed by atoms with Crippen molar-refractivity contribution in [2.75, 3.05) is 114 Å². The standard InChI is InChI=1S/C48H62N4O9/c1-7-47(33-57-29-43(53)49(3)39-21-13-9-14-22-39,34-58-30-44(54)50(4)40-23-15-10-16-24-40)37-61-38-48(8-2,35-59-31-45(55)51(5)41-25-17-11-18-26-41)36-60-32-46(56)52(6)42-27-19-12-20-28-42/h9-28H,7-8,29-38H2,1-6H3. The first-order valence-electron chi connectivity index (χ1n) is 20.6. The SMILES string of the molecule is CCC(COCC(=O)N(C)c1ccccc1)(COCC(=O)N(C)c1ccccc1)COCC(CC)(COCC(=O)N(C)c1ccccc1)COCC(=O)N(C)c1ccccc1. The fourth-order valence-electron chi connectivity index (χ4n) is 6.34. The van der Waals surface area contributed by atoms with Gasteiger partial charge < -0.3 is 43.3 Å². The summed E-state index contributed by atoms with van der Waals surface area (Å²) in [5.74, 6) is -0.900. The third-order valence-corrected chi connectivity index (χ3v) is 10.9. The number of nitrogens with zero attached hydrogens (tertiary/aromatic N) is 4. The van der Waals surface area contributed by atoms with Crippen molar-refractivity contribution in [2.45, 2.75) is 26.7 Å². The summed E-state index contributed by atoms with van der Waals surface area (Å²) in [5.41, 5.74) is 1.45. The lowest BCUT2D eigenvalue weighted by atomic mass is 9.86. The maximum atomic E-state index is 13.2. The topological polar surface area (TPSA) is 127 Å². The van der Waals surface area contributed by atoms with Gasteiger partial charge in [-0.2, -0.15) is 0 Å². The van der Waals surface area contributed by atoms with Crippen molar-refractivity contribution in [3.63, 3.8) is 0 Å². The molecule has 0 radical (unpaired) electrons. The zero-order chi connectivity index (χ0) is 44.1. The van der Waals surface area contributed by atoms with E-state index in [-0.39, 0.29) is 89.7 Å². The summed E-state index contributed by atoms with van der Waals surface area (Å²) in [6, 6.07) is 37.2. The zero-order valence-electron chi connectivity index (χ0n) is 36.5. The third-order valence-electron chi connectivity index (χ3n) is 10.9. The normalized spacial score (nSPS) is 11.5. The Morgan fingerprint density at radius 3 is 0.754 bits per heavy atom. The van der Waals surface area contributed by atoms with Crippen LogP contribution in [0.5, 0.6) is 0 Å². The van der Waals surface area contributed by atoms with Crippen LogP contribution in [0.4, 0.5) is 22.7 Å². The van der Waals surface area contributed by atoms with E-state index in [1.165, 1.54) is 0 Å². The Bertz CT molecular complexity index is 1650. The molecule has 0 N–H and O–H groups in total. The molecule has 61 heavy (non-hydrogen) atoms. The molecular formula is C48H62N4O9. The average Bonchev–Trinajstić information content (AvgIpc) is 3.31. The van der Waals surface area contributed by atoms with Crippen LogP contribution in [-0.2, 0) is 42.9 Å². The molecule has 0 atom stereocenters. The molecule has 0 bridgehead atoms. The molecule has 4 aromatic rings. The second kappa shape index (κ2) is 24.7. The summed E-state index contributed by atoms with van der Waals surface area (Å²) in [5, 5.41) is 0. The van der Waals surface area contributed by atoms with Crippen LogP contribution in [0.2, 0.25) is 0 Å². The van der Waals surface area contributed by atoms with E-state index in [1.54, 1.807) is 47.8 Å². The Morgan fingerprint density at radius 1 is 0.361 bits per heavy atom. The number of amides is 4. The summed E-state index contributed by atoms with van der Waals surface area (Å²) in [7, 11) is 6.79. The number of hydrogen-bond donors (Lipinski definition) is 0. The molecule has 328 valence electrons. The fraction of sp³-hybridized carbons (Fsp3) is 0.417. The lowest BCUT2D eigenvalue weighted by Crippen LogP contribution is -2.43. The number of anilines is 4. The highest BCUT2D eigenvalue weighted by atomic mass is 16.5. The van der Waals surface area contributed by atoms with Crippen LogP contribution in [0.25, 0.3) is 0 Å². The predicted molar refractivity (Wildman–Crippen MR) is 239 cm³/mol. The lowest BCUT2D eigenvalue weighted by molar-refractivity contribution is -0.137. The van der Waals surface area contributed by atoms with Crippen molar-refractivity contribution in [3.05, 3.63) is 121 Å². The van der Waals surface area contributed by atoms with Crippen molar-refractivity contribution < 1.29 is 42.9 Å². The third kappa shape index (κ3) is 14.9. The summed E-state index contributed by atoms with van der Waals surface area (Å²) in [4.78, 5) is 58.8. The fourth-order valence-corrected chi connectivity index (χ4v) is 6.34. The number of para-hydroxylation sites is 4. The van der Waals surface area contributed by atoms with E-state index < -0.39 is 10.8 Å². The molecule has 4 aromatic carbocycles. The molecule has 0 aliphatic heterocycles. The van der Waals surface area contributed by atoms with Gasteiger partial charge in [-0.3, -0.25) is 19.2 Å². The highest BCUT2D eigenvalue weighted by Crippen LogP contribution is 2.29. The molecule has 0 saturated heterocycles. The summed E-state index contributed by atoms with van der Waals surface area (Å²) in [6.07, 6.45) is 1.07.